The summed E-state index contributed by atoms with van der Waals surface area (Å²) in [4.78, 5) is 12.8. The lowest BCUT2D eigenvalue weighted by molar-refractivity contribution is -0.0134. The van der Waals surface area contributed by atoms with Crippen LogP contribution in [0.2, 0.25) is 0 Å². The van der Waals surface area contributed by atoms with E-state index in [0.717, 1.165) is 0 Å². The van der Waals surface area contributed by atoms with Gasteiger partial charge < -0.3 is 25.0 Å². The molecule has 2 fully saturated rings. The van der Waals surface area contributed by atoms with Crippen LogP contribution in [0.3, 0.4) is 0 Å². The van der Waals surface area contributed by atoms with Gasteiger partial charge in [-0.3, -0.25) is 4.57 Å². The molecular formula is C16H24N5O4P. The van der Waals surface area contributed by atoms with E-state index in [0.29, 0.717) is 30.0 Å². The van der Waals surface area contributed by atoms with E-state index >= 15 is 0 Å². The van der Waals surface area contributed by atoms with Crippen LogP contribution in [0.5, 0.6) is 0 Å². The van der Waals surface area contributed by atoms with Gasteiger partial charge in [-0.25, -0.2) is 15.0 Å². The van der Waals surface area contributed by atoms with E-state index in [2.05, 4.69) is 15.0 Å². The fourth-order valence-electron chi connectivity index (χ4n) is 4.67. The average Bonchev–Trinajstić information content (AvgIpc) is 3.00. The zero-order valence-corrected chi connectivity index (χ0v) is 15.9. The van der Waals surface area contributed by atoms with E-state index in [4.69, 9.17) is 10.3 Å². The number of aliphatic hydroxyl groups is 2. The quantitative estimate of drug-likeness (QED) is 0.651. The number of aromatic nitrogens is 4. The summed E-state index contributed by atoms with van der Waals surface area (Å²) in [6, 6.07) is -0.398. The fraction of sp³-hybridized carbons (Fsp3) is 0.688. The van der Waals surface area contributed by atoms with Gasteiger partial charge in [-0.2, -0.15) is 0 Å². The third-order valence-electron chi connectivity index (χ3n) is 5.72. The van der Waals surface area contributed by atoms with Crippen molar-refractivity contribution in [2.75, 3.05) is 25.2 Å². The molecule has 0 bridgehead atoms. The van der Waals surface area contributed by atoms with E-state index < -0.39 is 31.0 Å². The van der Waals surface area contributed by atoms with Crippen molar-refractivity contribution in [3.63, 3.8) is 0 Å². The molecule has 26 heavy (non-hydrogen) atoms. The predicted molar refractivity (Wildman–Crippen MR) is 96.1 cm³/mol. The van der Waals surface area contributed by atoms with E-state index in [1.165, 1.54) is 0 Å². The molecule has 2 saturated carbocycles. The molecule has 4 N–H and O–H groups in total. The van der Waals surface area contributed by atoms with Crippen molar-refractivity contribution in [3.05, 3.63) is 12.2 Å². The minimum Gasteiger partial charge on any atom is -0.390 e. The zero-order valence-electron chi connectivity index (χ0n) is 15.0. The zero-order chi connectivity index (χ0) is 18.9. The number of hydrogen-bond donors (Lipinski definition) is 3. The Morgan fingerprint density at radius 2 is 2.19 bits per heavy atom. The maximum absolute atomic E-state index is 12.7. The number of nitrogens with zero attached hydrogens (tertiary/aromatic N) is 4. The van der Waals surface area contributed by atoms with Crippen molar-refractivity contribution in [1.82, 2.24) is 19.5 Å². The molecule has 0 saturated heterocycles. The third-order valence-corrected chi connectivity index (χ3v) is 7.69. The first-order chi connectivity index (χ1) is 12.2. The first-order valence-corrected chi connectivity index (χ1v) is 11.0. The van der Waals surface area contributed by atoms with Crippen LogP contribution >= 0.6 is 7.37 Å². The lowest BCUT2D eigenvalue weighted by Crippen LogP contribution is -2.35. The maximum Gasteiger partial charge on any atom is 0.200 e. The molecule has 2 heterocycles. The first-order valence-electron chi connectivity index (χ1n) is 8.74. The lowest BCUT2D eigenvalue weighted by Gasteiger charge is -2.25. The van der Waals surface area contributed by atoms with Crippen LogP contribution in [0.25, 0.3) is 11.2 Å². The van der Waals surface area contributed by atoms with Gasteiger partial charge in [-0.05, 0) is 26.2 Å². The number of aliphatic hydroxyl groups excluding tert-OH is 2. The molecule has 2 aromatic heterocycles. The topological polar surface area (TPSA) is 136 Å². The summed E-state index contributed by atoms with van der Waals surface area (Å²) in [6.45, 7) is 5.49. The number of nitrogen functional groups attached to an aromatic ring is 1. The molecule has 0 radical (unpaired) electrons. The van der Waals surface area contributed by atoms with E-state index in [-0.39, 0.29) is 17.9 Å². The van der Waals surface area contributed by atoms with Gasteiger partial charge in [0.05, 0.1) is 25.1 Å². The summed E-state index contributed by atoms with van der Waals surface area (Å²) in [5.74, 6) is 0.784. The van der Waals surface area contributed by atoms with Crippen molar-refractivity contribution < 1.29 is 19.3 Å². The molecule has 2 aromatic rings. The summed E-state index contributed by atoms with van der Waals surface area (Å²) >= 11 is 0. The van der Waals surface area contributed by atoms with E-state index in [1.54, 1.807) is 31.4 Å². The monoisotopic (exact) mass is 381 g/mol. The van der Waals surface area contributed by atoms with Crippen LogP contribution in [0.1, 0.15) is 25.2 Å². The predicted octanol–water partition coefficient (Wildman–Crippen LogP) is 0.944. The second kappa shape index (κ2) is 5.73. The summed E-state index contributed by atoms with van der Waals surface area (Å²) in [6.07, 6.45) is 0.557. The number of imidazole rings is 1. The van der Waals surface area contributed by atoms with Crippen LogP contribution in [0, 0.1) is 18.3 Å². The van der Waals surface area contributed by atoms with E-state index in [9.17, 15) is 14.8 Å². The third kappa shape index (κ3) is 2.49. The molecule has 1 unspecified atom stereocenters. The van der Waals surface area contributed by atoms with Gasteiger partial charge in [0, 0.05) is 18.2 Å². The fourth-order valence-corrected chi connectivity index (χ4v) is 6.93. The summed E-state index contributed by atoms with van der Waals surface area (Å²) in [5.41, 5.74) is 6.35. The smallest absolute Gasteiger partial charge is 0.200 e. The Bertz CT molecular complexity index is 917. The highest BCUT2D eigenvalue weighted by atomic mass is 31.2. The summed E-state index contributed by atoms with van der Waals surface area (Å²) in [5, 5.41) is 21.4. The largest absolute Gasteiger partial charge is 0.390 e. The van der Waals surface area contributed by atoms with Crippen molar-refractivity contribution in [2.45, 2.75) is 38.5 Å². The highest BCUT2D eigenvalue weighted by molar-refractivity contribution is 7.58. The van der Waals surface area contributed by atoms with Crippen LogP contribution in [0.15, 0.2) is 6.33 Å². The highest BCUT2D eigenvalue weighted by Gasteiger charge is 2.72. The number of hydrogen-bond acceptors (Lipinski definition) is 8. The molecule has 2 aliphatic rings. The summed E-state index contributed by atoms with van der Waals surface area (Å²) in [7, 11) is -2.84. The normalized spacial score (nSPS) is 35.4. The highest BCUT2D eigenvalue weighted by Crippen LogP contribution is 2.72. The molecule has 2 aliphatic carbocycles. The number of aryl methyl sites for hydroxylation is 1. The van der Waals surface area contributed by atoms with Gasteiger partial charge in [0.15, 0.2) is 11.5 Å². The molecule has 0 aromatic carbocycles. The van der Waals surface area contributed by atoms with Crippen LogP contribution in [0.4, 0.5) is 5.82 Å². The second-order valence-corrected chi connectivity index (χ2v) is 10.1. The number of nitrogens with two attached hydrogens (primary N) is 1. The summed E-state index contributed by atoms with van der Waals surface area (Å²) < 4.78 is 19.9. The molecule has 10 heteroatoms. The Hall–Kier alpha value is -1.54. The minimum atomic E-state index is -2.84. The lowest BCUT2D eigenvalue weighted by atomic mass is 10.0. The number of fused-ring (bicyclic) bond motifs is 2. The van der Waals surface area contributed by atoms with Gasteiger partial charge in [0.25, 0.3) is 0 Å². The number of rotatable bonds is 5. The molecule has 0 aliphatic heterocycles. The van der Waals surface area contributed by atoms with Crippen molar-refractivity contribution in [2.24, 2.45) is 11.3 Å². The molecule has 142 valence electrons. The van der Waals surface area contributed by atoms with Crippen LogP contribution in [-0.4, -0.2) is 61.4 Å². The molecule has 0 amide bonds. The van der Waals surface area contributed by atoms with Crippen molar-refractivity contribution in [3.8, 4) is 0 Å². The van der Waals surface area contributed by atoms with Gasteiger partial charge in [-0.1, -0.05) is 0 Å². The standard InChI is InChI=1S/C16H24N5O4P/c1-4-25-26(3,24)6-16-5-9(16)11(12(22)13(16)23)21-7-18-10-14(17)19-8(2)20-15(10)21/h7,9,11-13,22-23H,4-6H2,1-3H3,(H2,17,19,20)/t9-,11-,12+,13+,16-,26?/m1/s1. The first kappa shape index (κ1) is 17.9. The van der Waals surface area contributed by atoms with Gasteiger partial charge >= 0.3 is 0 Å². The van der Waals surface area contributed by atoms with E-state index in [1.807, 2.05) is 0 Å². The second-order valence-electron chi connectivity index (χ2n) is 7.54. The van der Waals surface area contributed by atoms with Crippen molar-refractivity contribution >= 4 is 24.4 Å². The van der Waals surface area contributed by atoms with Crippen LogP contribution in [-0.2, 0) is 9.09 Å². The Balaban J connectivity index is 1.71. The molecule has 0 spiro atoms. The Labute approximate surface area is 151 Å². The molecular weight excluding hydrogens is 357 g/mol. The van der Waals surface area contributed by atoms with Crippen LogP contribution < -0.4 is 5.73 Å². The van der Waals surface area contributed by atoms with Gasteiger partial charge in [0.2, 0.25) is 7.37 Å². The molecule has 9 nitrogen and oxygen atoms in total. The van der Waals surface area contributed by atoms with Crippen molar-refractivity contribution in [1.29, 1.82) is 0 Å². The SMILES string of the molecule is CCOP(C)(=O)C[C@]12C[C@@H]1[C@@H](n1cnc3c(N)nc(C)nc31)[C@H](O)[C@@H]2O. The Morgan fingerprint density at radius 3 is 2.88 bits per heavy atom. The minimum absolute atomic E-state index is 0.0184. The van der Waals surface area contributed by atoms with Gasteiger partial charge in [-0.15, -0.1) is 0 Å². The van der Waals surface area contributed by atoms with Gasteiger partial charge in [0.1, 0.15) is 17.4 Å². The number of anilines is 1. The average molecular weight is 381 g/mol. The maximum atomic E-state index is 12.7. The Morgan fingerprint density at radius 1 is 1.46 bits per heavy atom. The molecule has 4 rings (SSSR count). The molecule has 6 atom stereocenters. The Kier molecular flexibility index (Phi) is 3.93.